The quantitative estimate of drug-likeness (QED) is 0.845. The number of aryl methyl sites for hydroxylation is 3. The molecule has 0 unspecified atom stereocenters. The lowest BCUT2D eigenvalue weighted by molar-refractivity contribution is 0.232. The molecule has 0 saturated carbocycles. The number of hydrogen-bond acceptors (Lipinski definition) is 6. The van der Waals surface area contributed by atoms with Gasteiger partial charge in [-0.2, -0.15) is 4.98 Å². The van der Waals surface area contributed by atoms with Gasteiger partial charge in [0, 0.05) is 19.0 Å². The molecule has 2 aromatic rings. The van der Waals surface area contributed by atoms with Gasteiger partial charge in [0.1, 0.15) is 5.76 Å². The maximum absolute atomic E-state index is 5.22. The molecule has 0 N–H and O–H groups in total. The van der Waals surface area contributed by atoms with E-state index in [4.69, 9.17) is 9.05 Å². The zero-order chi connectivity index (χ0) is 13.4. The van der Waals surface area contributed by atoms with Crippen LogP contribution < -0.4 is 0 Å². The first-order valence-corrected chi connectivity index (χ1v) is 6.61. The van der Waals surface area contributed by atoms with Crippen LogP contribution in [0.5, 0.6) is 0 Å². The summed E-state index contributed by atoms with van der Waals surface area (Å²) in [5, 5.41) is 8.06. The minimum atomic E-state index is 0.242. The molecule has 6 heteroatoms. The van der Waals surface area contributed by atoms with Gasteiger partial charge in [0.15, 0.2) is 5.82 Å². The van der Waals surface area contributed by atoms with E-state index >= 15 is 0 Å². The summed E-state index contributed by atoms with van der Waals surface area (Å²) in [6.45, 7) is 7.64. The van der Waals surface area contributed by atoms with Gasteiger partial charge in [0.25, 0.3) is 0 Å². The van der Waals surface area contributed by atoms with Crippen LogP contribution in [0.2, 0.25) is 0 Å². The topological polar surface area (TPSA) is 68.2 Å². The Bertz CT molecular complexity index is 555. The van der Waals surface area contributed by atoms with Crippen LogP contribution in [0, 0.1) is 20.8 Å². The van der Waals surface area contributed by atoms with E-state index in [2.05, 4.69) is 20.2 Å². The first-order chi connectivity index (χ1) is 9.15. The Morgan fingerprint density at radius 1 is 1.21 bits per heavy atom. The van der Waals surface area contributed by atoms with Crippen LogP contribution in [0.1, 0.15) is 47.6 Å². The SMILES string of the molecule is Cc1nc([C@H]2CCCN2Cc2c(C)noc2C)no1. The van der Waals surface area contributed by atoms with Gasteiger partial charge in [-0.15, -0.1) is 0 Å². The van der Waals surface area contributed by atoms with Crippen molar-refractivity contribution >= 4 is 0 Å². The Labute approximate surface area is 111 Å². The summed E-state index contributed by atoms with van der Waals surface area (Å²) in [5.74, 6) is 2.31. The van der Waals surface area contributed by atoms with Crippen LogP contribution in [0.4, 0.5) is 0 Å². The molecule has 102 valence electrons. The molecule has 0 radical (unpaired) electrons. The van der Waals surface area contributed by atoms with Gasteiger partial charge >= 0.3 is 0 Å². The molecule has 6 nitrogen and oxygen atoms in total. The minimum absolute atomic E-state index is 0.242. The molecule has 0 amide bonds. The summed E-state index contributed by atoms with van der Waals surface area (Å²) in [5.41, 5.74) is 2.14. The molecule has 3 heterocycles. The molecule has 0 aliphatic carbocycles. The van der Waals surface area contributed by atoms with Gasteiger partial charge in [-0.1, -0.05) is 10.3 Å². The number of hydrogen-bond donors (Lipinski definition) is 0. The molecule has 3 rings (SSSR count). The minimum Gasteiger partial charge on any atom is -0.361 e. The number of rotatable bonds is 3. The second-order valence-corrected chi connectivity index (χ2v) is 5.10. The van der Waals surface area contributed by atoms with E-state index < -0.39 is 0 Å². The molecular formula is C13H18N4O2. The third-order valence-corrected chi connectivity index (χ3v) is 3.75. The largest absolute Gasteiger partial charge is 0.361 e. The van der Waals surface area contributed by atoms with Crippen LogP contribution in [0.25, 0.3) is 0 Å². The van der Waals surface area contributed by atoms with E-state index in [1.54, 1.807) is 0 Å². The van der Waals surface area contributed by atoms with Crippen molar-refractivity contribution in [1.82, 2.24) is 20.2 Å². The molecule has 0 aromatic carbocycles. The molecule has 0 spiro atoms. The fourth-order valence-electron chi connectivity index (χ4n) is 2.69. The first-order valence-electron chi connectivity index (χ1n) is 6.61. The predicted octanol–water partition coefficient (Wildman–Crippen LogP) is 2.32. The van der Waals surface area contributed by atoms with E-state index in [1.807, 2.05) is 20.8 Å². The van der Waals surface area contributed by atoms with Gasteiger partial charge in [0.2, 0.25) is 5.89 Å². The lowest BCUT2D eigenvalue weighted by atomic mass is 10.1. The standard InChI is InChI=1S/C13H18N4O2/c1-8-11(9(2)18-15-8)7-17-6-4-5-12(17)13-14-10(3)19-16-13/h12H,4-7H2,1-3H3/t12-/m1/s1. The molecule has 19 heavy (non-hydrogen) atoms. The van der Waals surface area contributed by atoms with Crippen molar-refractivity contribution in [3.05, 3.63) is 28.7 Å². The van der Waals surface area contributed by atoms with E-state index in [9.17, 15) is 0 Å². The third-order valence-electron chi connectivity index (χ3n) is 3.75. The number of nitrogens with zero attached hydrogens (tertiary/aromatic N) is 4. The summed E-state index contributed by atoms with van der Waals surface area (Å²) in [6, 6.07) is 0.242. The lowest BCUT2D eigenvalue weighted by Crippen LogP contribution is -2.24. The van der Waals surface area contributed by atoms with E-state index in [-0.39, 0.29) is 6.04 Å². The normalized spacial score (nSPS) is 20.3. The van der Waals surface area contributed by atoms with Crippen LogP contribution in [0.3, 0.4) is 0 Å². The summed E-state index contributed by atoms with van der Waals surface area (Å²) in [4.78, 5) is 6.73. The van der Waals surface area contributed by atoms with Gasteiger partial charge in [-0.3, -0.25) is 4.90 Å². The Morgan fingerprint density at radius 2 is 2.05 bits per heavy atom. The molecular weight excluding hydrogens is 244 g/mol. The second-order valence-electron chi connectivity index (χ2n) is 5.10. The van der Waals surface area contributed by atoms with Gasteiger partial charge in [-0.25, -0.2) is 0 Å². The van der Waals surface area contributed by atoms with E-state index in [1.165, 1.54) is 5.56 Å². The van der Waals surface area contributed by atoms with Crippen LogP contribution in [0.15, 0.2) is 9.05 Å². The Morgan fingerprint density at radius 3 is 2.68 bits per heavy atom. The fraction of sp³-hybridized carbons (Fsp3) is 0.615. The maximum Gasteiger partial charge on any atom is 0.223 e. The van der Waals surface area contributed by atoms with E-state index in [0.29, 0.717) is 5.89 Å². The zero-order valence-electron chi connectivity index (χ0n) is 11.5. The Balaban J connectivity index is 1.80. The lowest BCUT2D eigenvalue weighted by Gasteiger charge is -2.21. The summed E-state index contributed by atoms with van der Waals surface area (Å²) < 4.78 is 10.3. The highest BCUT2D eigenvalue weighted by molar-refractivity contribution is 5.21. The number of aromatic nitrogens is 3. The Hall–Kier alpha value is -1.69. The molecule has 1 saturated heterocycles. The van der Waals surface area contributed by atoms with Crippen LogP contribution in [-0.4, -0.2) is 26.7 Å². The van der Waals surface area contributed by atoms with Gasteiger partial charge in [-0.05, 0) is 33.2 Å². The van der Waals surface area contributed by atoms with Crippen molar-refractivity contribution in [1.29, 1.82) is 0 Å². The molecule has 1 aliphatic heterocycles. The predicted molar refractivity (Wildman–Crippen MR) is 67.4 cm³/mol. The summed E-state index contributed by atoms with van der Waals surface area (Å²) in [6.07, 6.45) is 2.23. The molecule has 1 aliphatic rings. The monoisotopic (exact) mass is 262 g/mol. The van der Waals surface area contributed by atoms with Gasteiger partial charge in [0.05, 0.1) is 11.7 Å². The van der Waals surface area contributed by atoms with Crippen LogP contribution >= 0.6 is 0 Å². The highest BCUT2D eigenvalue weighted by Crippen LogP contribution is 2.32. The van der Waals surface area contributed by atoms with Crippen molar-refractivity contribution in [3.8, 4) is 0 Å². The van der Waals surface area contributed by atoms with Crippen molar-refractivity contribution in [2.24, 2.45) is 0 Å². The first kappa shape index (κ1) is 12.3. The molecule has 1 atom stereocenters. The zero-order valence-corrected chi connectivity index (χ0v) is 11.5. The average Bonchev–Trinajstić information content (AvgIpc) is 3.06. The van der Waals surface area contributed by atoms with Crippen molar-refractivity contribution < 1.29 is 9.05 Å². The maximum atomic E-state index is 5.22. The molecule has 1 fully saturated rings. The summed E-state index contributed by atoms with van der Waals surface area (Å²) >= 11 is 0. The molecule has 0 bridgehead atoms. The van der Waals surface area contributed by atoms with Crippen molar-refractivity contribution in [2.75, 3.05) is 6.54 Å². The highest BCUT2D eigenvalue weighted by Gasteiger charge is 2.30. The highest BCUT2D eigenvalue weighted by atomic mass is 16.5. The molecule has 2 aromatic heterocycles. The third kappa shape index (κ3) is 2.28. The van der Waals surface area contributed by atoms with E-state index in [0.717, 1.165) is 43.2 Å². The van der Waals surface area contributed by atoms with Crippen LogP contribution in [-0.2, 0) is 6.54 Å². The fourth-order valence-corrected chi connectivity index (χ4v) is 2.69. The van der Waals surface area contributed by atoms with Crippen molar-refractivity contribution in [3.63, 3.8) is 0 Å². The average molecular weight is 262 g/mol. The summed E-state index contributed by atoms with van der Waals surface area (Å²) in [7, 11) is 0. The van der Waals surface area contributed by atoms with Gasteiger partial charge < -0.3 is 9.05 Å². The second kappa shape index (κ2) is 4.77. The smallest absolute Gasteiger partial charge is 0.223 e. The Kier molecular flexibility index (Phi) is 3.10. The van der Waals surface area contributed by atoms with Crippen molar-refractivity contribution in [2.45, 2.75) is 46.2 Å². The number of likely N-dealkylation sites (tertiary alicyclic amines) is 1.